The van der Waals surface area contributed by atoms with E-state index < -0.39 is 5.54 Å². The summed E-state index contributed by atoms with van der Waals surface area (Å²) in [7, 11) is 0. The van der Waals surface area contributed by atoms with E-state index in [2.05, 4.69) is 17.2 Å². The number of urea groups is 1. The first-order valence-corrected chi connectivity index (χ1v) is 8.67. The summed E-state index contributed by atoms with van der Waals surface area (Å²) in [4.78, 5) is 38.0. The van der Waals surface area contributed by atoms with Crippen LogP contribution in [-0.4, -0.2) is 28.3 Å². The molecule has 132 valence electrons. The third-order valence-corrected chi connectivity index (χ3v) is 5.04. The largest absolute Gasteiger partial charge is 0.348 e. The van der Waals surface area contributed by atoms with Crippen molar-refractivity contribution in [3.05, 3.63) is 48.0 Å². The molecule has 1 spiro atoms. The van der Waals surface area contributed by atoms with Crippen molar-refractivity contribution in [2.24, 2.45) is 0 Å². The second kappa shape index (κ2) is 7.09. The number of carbonyl (C=O) groups excluding carboxylic acids is 3. The number of imide groups is 1. The first-order valence-electron chi connectivity index (χ1n) is 8.67. The van der Waals surface area contributed by atoms with Crippen LogP contribution < -0.4 is 10.6 Å². The fraction of sp³-hybridized carbons (Fsp3) is 0.421. The summed E-state index contributed by atoms with van der Waals surface area (Å²) in [5.41, 5.74) is 1.02. The molecule has 6 nitrogen and oxygen atoms in total. The van der Waals surface area contributed by atoms with Crippen LogP contribution in [0.5, 0.6) is 0 Å². The zero-order chi connectivity index (χ0) is 17.9. The van der Waals surface area contributed by atoms with E-state index in [1.807, 2.05) is 24.3 Å². The highest BCUT2D eigenvalue weighted by atomic mass is 16.2. The van der Waals surface area contributed by atoms with Gasteiger partial charge >= 0.3 is 6.03 Å². The molecule has 1 heterocycles. The standard InChI is InChI=1S/C19H23N3O3/c1-2-16(23)20-12-14-8-4-5-9-15(14)13-22-17(24)19(21-18(22)25)10-6-3-7-11-19/h2,4-5,8-9H,1,3,6-7,10-13H2,(H,20,23)(H,21,25). The van der Waals surface area contributed by atoms with E-state index >= 15 is 0 Å². The van der Waals surface area contributed by atoms with Gasteiger partial charge in [0.2, 0.25) is 5.91 Å². The number of amides is 4. The Labute approximate surface area is 147 Å². The smallest absolute Gasteiger partial charge is 0.325 e. The molecule has 1 saturated carbocycles. The minimum Gasteiger partial charge on any atom is -0.348 e. The van der Waals surface area contributed by atoms with Gasteiger partial charge in [-0.2, -0.15) is 0 Å². The van der Waals surface area contributed by atoms with Crippen LogP contribution >= 0.6 is 0 Å². The Morgan fingerprint density at radius 3 is 2.56 bits per heavy atom. The lowest BCUT2D eigenvalue weighted by Crippen LogP contribution is -2.48. The molecule has 1 aliphatic carbocycles. The first kappa shape index (κ1) is 17.2. The summed E-state index contributed by atoms with van der Waals surface area (Å²) >= 11 is 0. The number of benzene rings is 1. The maximum absolute atomic E-state index is 12.9. The Morgan fingerprint density at radius 1 is 1.20 bits per heavy atom. The van der Waals surface area contributed by atoms with Gasteiger partial charge in [0.05, 0.1) is 6.54 Å². The number of nitrogens with one attached hydrogen (secondary N) is 2. The van der Waals surface area contributed by atoms with Crippen molar-refractivity contribution in [2.45, 2.75) is 50.7 Å². The lowest BCUT2D eigenvalue weighted by molar-refractivity contribution is -0.132. The molecule has 1 aliphatic heterocycles. The lowest BCUT2D eigenvalue weighted by Gasteiger charge is -2.30. The highest BCUT2D eigenvalue weighted by Crippen LogP contribution is 2.34. The molecule has 2 N–H and O–H groups in total. The summed E-state index contributed by atoms with van der Waals surface area (Å²) in [6, 6.07) is 7.17. The Balaban J connectivity index is 1.76. The minimum atomic E-state index is -0.707. The zero-order valence-electron chi connectivity index (χ0n) is 14.2. The fourth-order valence-corrected chi connectivity index (χ4v) is 3.62. The van der Waals surface area contributed by atoms with Crippen LogP contribution in [0.25, 0.3) is 0 Å². The molecule has 0 bridgehead atoms. The van der Waals surface area contributed by atoms with Gasteiger partial charge in [-0.3, -0.25) is 14.5 Å². The number of hydrogen-bond acceptors (Lipinski definition) is 3. The van der Waals surface area contributed by atoms with E-state index in [1.54, 1.807) is 0 Å². The normalized spacial score (nSPS) is 19.0. The van der Waals surface area contributed by atoms with Crippen molar-refractivity contribution in [3.63, 3.8) is 0 Å². The molecule has 0 unspecified atom stereocenters. The highest BCUT2D eigenvalue weighted by Gasteiger charge is 2.51. The second-order valence-electron chi connectivity index (χ2n) is 6.65. The van der Waals surface area contributed by atoms with Gasteiger partial charge in [0, 0.05) is 6.54 Å². The monoisotopic (exact) mass is 341 g/mol. The Bertz CT molecular complexity index is 708. The van der Waals surface area contributed by atoms with Crippen LogP contribution in [0.4, 0.5) is 4.79 Å². The molecule has 2 fully saturated rings. The van der Waals surface area contributed by atoms with Gasteiger partial charge in [0.25, 0.3) is 5.91 Å². The van der Waals surface area contributed by atoms with Crippen LogP contribution in [0.2, 0.25) is 0 Å². The molecule has 1 aromatic rings. The molecular weight excluding hydrogens is 318 g/mol. The van der Waals surface area contributed by atoms with Crippen LogP contribution in [0, 0.1) is 0 Å². The topological polar surface area (TPSA) is 78.5 Å². The number of carbonyl (C=O) groups is 3. The predicted octanol–water partition coefficient (Wildman–Crippen LogP) is 2.24. The van der Waals surface area contributed by atoms with Gasteiger partial charge in [-0.05, 0) is 30.0 Å². The van der Waals surface area contributed by atoms with Crippen molar-refractivity contribution in [1.82, 2.24) is 15.5 Å². The average molecular weight is 341 g/mol. The molecule has 0 radical (unpaired) electrons. The van der Waals surface area contributed by atoms with Crippen LogP contribution in [-0.2, 0) is 22.7 Å². The fourth-order valence-electron chi connectivity index (χ4n) is 3.62. The van der Waals surface area contributed by atoms with Crippen LogP contribution in [0.3, 0.4) is 0 Å². The predicted molar refractivity (Wildman–Crippen MR) is 93.4 cm³/mol. The van der Waals surface area contributed by atoms with E-state index in [4.69, 9.17) is 0 Å². The van der Waals surface area contributed by atoms with Crippen molar-refractivity contribution >= 4 is 17.8 Å². The van der Waals surface area contributed by atoms with E-state index in [9.17, 15) is 14.4 Å². The summed E-state index contributed by atoms with van der Waals surface area (Å²) in [5.74, 6) is -0.381. The average Bonchev–Trinajstić information content (AvgIpc) is 2.85. The maximum atomic E-state index is 12.9. The van der Waals surface area contributed by atoms with Gasteiger partial charge in [-0.15, -0.1) is 0 Å². The Kier molecular flexibility index (Phi) is 4.88. The van der Waals surface area contributed by atoms with Gasteiger partial charge in [-0.25, -0.2) is 4.79 Å². The summed E-state index contributed by atoms with van der Waals surface area (Å²) in [6.07, 6.45) is 5.67. The van der Waals surface area contributed by atoms with Crippen molar-refractivity contribution < 1.29 is 14.4 Å². The summed E-state index contributed by atoms with van der Waals surface area (Å²) in [6.45, 7) is 3.97. The number of hydrogen-bond donors (Lipinski definition) is 2. The first-order chi connectivity index (χ1) is 12.1. The van der Waals surface area contributed by atoms with Crippen molar-refractivity contribution in [3.8, 4) is 0 Å². The van der Waals surface area contributed by atoms with Crippen LogP contribution in [0.1, 0.15) is 43.2 Å². The van der Waals surface area contributed by atoms with Gasteiger partial charge in [0.1, 0.15) is 5.54 Å². The molecule has 25 heavy (non-hydrogen) atoms. The number of rotatable bonds is 5. The van der Waals surface area contributed by atoms with E-state index in [-0.39, 0.29) is 24.4 Å². The lowest BCUT2D eigenvalue weighted by atomic mass is 9.81. The van der Waals surface area contributed by atoms with Gasteiger partial charge in [0.15, 0.2) is 0 Å². The van der Waals surface area contributed by atoms with E-state index in [0.717, 1.165) is 30.4 Å². The van der Waals surface area contributed by atoms with Crippen molar-refractivity contribution in [1.29, 1.82) is 0 Å². The summed E-state index contributed by atoms with van der Waals surface area (Å²) in [5, 5.41) is 5.65. The third kappa shape index (κ3) is 3.43. The van der Waals surface area contributed by atoms with E-state index in [0.29, 0.717) is 19.4 Å². The highest BCUT2D eigenvalue weighted by molar-refractivity contribution is 6.07. The maximum Gasteiger partial charge on any atom is 0.325 e. The minimum absolute atomic E-state index is 0.123. The molecule has 0 aromatic heterocycles. The SMILES string of the molecule is C=CC(=O)NCc1ccccc1CN1C(=O)NC2(CCCCC2)C1=O. The Hall–Kier alpha value is -2.63. The molecule has 6 heteroatoms. The summed E-state index contributed by atoms with van der Waals surface area (Å²) < 4.78 is 0. The molecule has 1 saturated heterocycles. The molecule has 1 aromatic carbocycles. The molecule has 0 atom stereocenters. The van der Waals surface area contributed by atoms with Gasteiger partial charge < -0.3 is 10.6 Å². The quantitative estimate of drug-likeness (QED) is 0.637. The van der Waals surface area contributed by atoms with Gasteiger partial charge in [-0.1, -0.05) is 50.1 Å². The van der Waals surface area contributed by atoms with Crippen molar-refractivity contribution in [2.75, 3.05) is 0 Å². The molecule has 4 amide bonds. The molecule has 3 rings (SSSR count). The Morgan fingerprint density at radius 2 is 1.88 bits per heavy atom. The zero-order valence-corrected chi connectivity index (χ0v) is 14.2. The third-order valence-electron chi connectivity index (χ3n) is 5.04. The molecular formula is C19H23N3O3. The van der Waals surface area contributed by atoms with E-state index in [1.165, 1.54) is 11.0 Å². The molecule has 2 aliphatic rings. The number of nitrogens with zero attached hydrogens (tertiary/aromatic N) is 1. The second-order valence-corrected chi connectivity index (χ2v) is 6.65. The van der Waals surface area contributed by atoms with Crippen LogP contribution in [0.15, 0.2) is 36.9 Å².